The Bertz CT molecular complexity index is 559. The van der Waals surface area contributed by atoms with E-state index >= 15 is 0 Å². The third-order valence-corrected chi connectivity index (χ3v) is 3.64. The first-order chi connectivity index (χ1) is 8.63. The van der Waals surface area contributed by atoms with Gasteiger partial charge in [0.05, 0.1) is 0 Å². The summed E-state index contributed by atoms with van der Waals surface area (Å²) in [4.78, 5) is 0. The van der Waals surface area contributed by atoms with Gasteiger partial charge in [-0.25, -0.2) is 0 Å². The van der Waals surface area contributed by atoms with Crippen LogP contribution in [0.15, 0.2) is 36.4 Å². The number of hydrogen-bond donors (Lipinski definition) is 2. The molecule has 0 atom stereocenters. The van der Waals surface area contributed by atoms with Gasteiger partial charge in [0.15, 0.2) is 0 Å². The minimum Gasteiger partial charge on any atom is -0.404 e. The molecule has 1 aliphatic rings. The van der Waals surface area contributed by atoms with E-state index in [1.807, 2.05) is 0 Å². The van der Waals surface area contributed by atoms with Crippen molar-refractivity contribution in [3.63, 3.8) is 0 Å². The van der Waals surface area contributed by atoms with Gasteiger partial charge in [0, 0.05) is 11.4 Å². The van der Waals surface area contributed by atoms with Crippen LogP contribution in [0, 0.1) is 20.8 Å². The van der Waals surface area contributed by atoms with Crippen molar-refractivity contribution in [2.24, 2.45) is 0 Å². The van der Waals surface area contributed by atoms with E-state index in [9.17, 15) is 0 Å². The molecule has 0 bridgehead atoms. The smallest absolute Gasteiger partial charge is 0.404 e. The molecular formula is C15H17BN2. The van der Waals surface area contributed by atoms with Gasteiger partial charge in [-0.2, -0.15) is 0 Å². The molecule has 0 aliphatic carbocycles. The summed E-state index contributed by atoms with van der Waals surface area (Å²) in [6.07, 6.45) is 0. The number of hydrogen-bond acceptors (Lipinski definition) is 2. The molecule has 0 fully saturated rings. The highest BCUT2D eigenvalue weighted by Gasteiger charge is 2.26. The summed E-state index contributed by atoms with van der Waals surface area (Å²) in [6, 6.07) is 13.1. The average Bonchev–Trinajstić information content (AvgIpc) is 2.73. The SMILES string of the molecule is Cc1ccc(B2Nc3cc(C)c(C)cc3N2)cc1. The average molecular weight is 236 g/mol. The quantitative estimate of drug-likeness (QED) is 0.744. The first-order valence-corrected chi connectivity index (χ1v) is 6.34. The Hall–Kier alpha value is -1.90. The Morgan fingerprint density at radius 1 is 0.778 bits per heavy atom. The molecule has 2 nitrogen and oxygen atoms in total. The molecule has 2 aromatic rings. The van der Waals surface area contributed by atoms with Gasteiger partial charge in [0.1, 0.15) is 0 Å². The minimum atomic E-state index is 0.182. The number of fused-ring (bicyclic) bond motifs is 1. The Morgan fingerprint density at radius 2 is 1.28 bits per heavy atom. The van der Waals surface area contributed by atoms with Gasteiger partial charge in [-0.05, 0) is 49.5 Å². The van der Waals surface area contributed by atoms with Gasteiger partial charge in [0.2, 0.25) is 0 Å². The van der Waals surface area contributed by atoms with Gasteiger partial charge >= 0.3 is 6.98 Å². The monoisotopic (exact) mass is 236 g/mol. The summed E-state index contributed by atoms with van der Waals surface area (Å²) in [5.41, 5.74) is 7.61. The Kier molecular flexibility index (Phi) is 2.55. The second-order valence-corrected chi connectivity index (χ2v) is 5.11. The maximum Gasteiger partial charge on any atom is 0.406 e. The first kappa shape index (κ1) is 11.2. The van der Waals surface area contributed by atoms with Crippen molar-refractivity contribution >= 4 is 23.8 Å². The van der Waals surface area contributed by atoms with Crippen LogP contribution in [0.1, 0.15) is 16.7 Å². The van der Waals surface area contributed by atoms with Crippen LogP contribution in [0.2, 0.25) is 0 Å². The lowest BCUT2D eigenvalue weighted by atomic mass is 9.69. The van der Waals surface area contributed by atoms with E-state index in [0.29, 0.717) is 0 Å². The first-order valence-electron chi connectivity index (χ1n) is 6.34. The molecule has 3 rings (SSSR count). The normalized spacial score (nSPS) is 12.9. The van der Waals surface area contributed by atoms with Crippen molar-refractivity contribution in [1.29, 1.82) is 0 Å². The molecule has 0 radical (unpaired) electrons. The largest absolute Gasteiger partial charge is 0.406 e. The van der Waals surface area contributed by atoms with Crippen molar-refractivity contribution in [2.75, 3.05) is 10.5 Å². The third-order valence-electron chi connectivity index (χ3n) is 3.64. The summed E-state index contributed by atoms with van der Waals surface area (Å²) >= 11 is 0. The van der Waals surface area contributed by atoms with Gasteiger partial charge in [-0.3, -0.25) is 0 Å². The maximum absolute atomic E-state index is 3.53. The Labute approximate surface area is 109 Å². The Balaban J connectivity index is 1.91. The van der Waals surface area contributed by atoms with Gasteiger partial charge in [-0.15, -0.1) is 0 Å². The van der Waals surface area contributed by atoms with Crippen LogP contribution >= 0.6 is 0 Å². The molecule has 0 saturated carbocycles. The van der Waals surface area contributed by atoms with E-state index < -0.39 is 0 Å². The van der Waals surface area contributed by atoms with E-state index in [4.69, 9.17) is 0 Å². The summed E-state index contributed by atoms with van der Waals surface area (Å²) in [5, 5.41) is 7.05. The highest BCUT2D eigenvalue weighted by molar-refractivity contribution is 6.80. The van der Waals surface area contributed by atoms with Crippen molar-refractivity contribution in [2.45, 2.75) is 20.8 Å². The lowest BCUT2D eigenvalue weighted by Gasteiger charge is -2.07. The number of rotatable bonds is 1. The third kappa shape index (κ3) is 1.86. The summed E-state index contributed by atoms with van der Waals surface area (Å²) in [7, 11) is 0. The summed E-state index contributed by atoms with van der Waals surface area (Å²) < 4.78 is 0. The highest BCUT2D eigenvalue weighted by atomic mass is 15.0. The second kappa shape index (κ2) is 4.09. The van der Waals surface area contributed by atoms with E-state index in [2.05, 4.69) is 67.6 Å². The Morgan fingerprint density at radius 3 is 1.78 bits per heavy atom. The molecule has 3 heteroatoms. The van der Waals surface area contributed by atoms with E-state index in [-0.39, 0.29) is 6.98 Å². The number of aryl methyl sites for hydroxylation is 3. The van der Waals surface area contributed by atoms with Crippen LogP contribution in [0.5, 0.6) is 0 Å². The maximum atomic E-state index is 3.53. The van der Waals surface area contributed by atoms with Crippen molar-refractivity contribution < 1.29 is 0 Å². The van der Waals surface area contributed by atoms with Gasteiger partial charge < -0.3 is 10.5 Å². The fourth-order valence-corrected chi connectivity index (χ4v) is 2.33. The van der Waals surface area contributed by atoms with Crippen molar-refractivity contribution in [3.8, 4) is 0 Å². The second-order valence-electron chi connectivity index (χ2n) is 5.11. The molecule has 0 aromatic heterocycles. The van der Waals surface area contributed by atoms with Crippen LogP contribution in [0.4, 0.5) is 11.4 Å². The standard InChI is InChI=1S/C15H17BN2/c1-10-4-6-13(7-5-10)16-17-14-8-11(2)12(3)9-15(14)18-16/h4-9,17-18H,1-3H3. The number of nitrogens with one attached hydrogen (secondary N) is 2. The van der Waals surface area contributed by atoms with Crippen LogP contribution in [-0.2, 0) is 0 Å². The summed E-state index contributed by atoms with van der Waals surface area (Å²) in [5.74, 6) is 0. The summed E-state index contributed by atoms with van der Waals surface area (Å²) in [6.45, 7) is 6.59. The molecule has 2 aromatic carbocycles. The minimum absolute atomic E-state index is 0.182. The van der Waals surface area contributed by atoms with E-state index in [0.717, 1.165) is 0 Å². The van der Waals surface area contributed by atoms with Crippen molar-refractivity contribution in [3.05, 3.63) is 53.1 Å². The molecule has 1 heterocycles. The molecule has 2 N–H and O–H groups in total. The number of anilines is 2. The predicted octanol–water partition coefficient (Wildman–Crippen LogP) is 2.84. The van der Waals surface area contributed by atoms with Gasteiger partial charge in [0.25, 0.3) is 0 Å². The fourth-order valence-electron chi connectivity index (χ4n) is 2.33. The topological polar surface area (TPSA) is 24.1 Å². The zero-order valence-corrected chi connectivity index (χ0v) is 11.0. The molecule has 0 saturated heterocycles. The lowest BCUT2D eigenvalue weighted by Crippen LogP contribution is -2.41. The van der Waals surface area contributed by atoms with Crippen molar-refractivity contribution in [1.82, 2.24) is 0 Å². The molecule has 18 heavy (non-hydrogen) atoms. The zero-order chi connectivity index (χ0) is 12.7. The zero-order valence-electron chi connectivity index (χ0n) is 11.0. The molecule has 0 spiro atoms. The van der Waals surface area contributed by atoms with E-state index in [1.165, 1.54) is 33.5 Å². The molecule has 1 aliphatic heterocycles. The van der Waals surface area contributed by atoms with Crippen LogP contribution in [0.3, 0.4) is 0 Å². The molecule has 90 valence electrons. The van der Waals surface area contributed by atoms with E-state index in [1.54, 1.807) is 0 Å². The van der Waals surface area contributed by atoms with Crippen LogP contribution < -0.4 is 15.9 Å². The predicted molar refractivity (Wildman–Crippen MR) is 79.7 cm³/mol. The van der Waals surface area contributed by atoms with Crippen LogP contribution in [-0.4, -0.2) is 6.98 Å². The highest BCUT2D eigenvalue weighted by Crippen LogP contribution is 2.30. The fraction of sp³-hybridized carbons (Fsp3) is 0.200. The molecule has 0 unspecified atom stereocenters. The molecular weight excluding hydrogens is 219 g/mol. The molecule has 0 amide bonds. The van der Waals surface area contributed by atoms with Crippen LogP contribution in [0.25, 0.3) is 0 Å². The lowest BCUT2D eigenvalue weighted by molar-refractivity contribution is 1.35. The van der Waals surface area contributed by atoms with Gasteiger partial charge in [-0.1, -0.05) is 29.8 Å². The number of benzene rings is 2.